The Morgan fingerprint density at radius 1 is 0.971 bits per heavy atom. The molecule has 4 N–H and O–H groups in total. The first-order valence-corrected chi connectivity index (χ1v) is 11.2. The Labute approximate surface area is 196 Å². The minimum atomic E-state index is -1.57. The highest BCUT2D eigenvalue weighted by molar-refractivity contribution is 5.42. The molecule has 1 aromatic heterocycles. The molecule has 34 heavy (non-hydrogen) atoms. The highest BCUT2D eigenvalue weighted by Crippen LogP contribution is 2.31. The van der Waals surface area contributed by atoms with Gasteiger partial charge in [0.05, 0.1) is 12.3 Å². The summed E-state index contributed by atoms with van der Waals surface area (Å²) in [6.45, 7) is 3.37. The van der Waals surface area contributed by atoms with Crippen molar-refractivity contribution in [1.82, 2.24) is 9.78 Å². The molecular weight excluding hydrogens is 443 g/mol. The van der Waals surface area contributed by atoms with Crippen LogP contribution in [0.2, 0.25) is 0 Å². The molecule has 182 valence electrons. The number of hydrogen-bond acceptors (Lipinski definition) is 7. The lowest BCUT2D eigenvalue weighted by Gasteiger charge is -2.39. The van der Waals surface area contributed by atoms with Crippen LogP contribution in [0.1, 0.15) is 29.3 Å². The van der Waals surface area contributed by atoms with Crippen LogP contribution in [0.5, 0.6) is 5.88 Å². The molecule has 0 amide bonds. The van der Waals surface area contributed by atoms with Crippen molar-refractivity contribution in [3.63, 3.8) is 0 Å². The Kier molecular flexibility index (Phi) is 7.30. The number of aliphatic hydroxyl groups excluding tert-OH is 4. The smallest absolute Gasteiger partial charge is 0.239 e. The van der Waals surface area contributed by atoms with Crippen molar-refractivity contribution in [1.29, 1.82) is 0 Å². The summed E-state index contributed by atoms with van der Waals surface area (Å²) in [7, 11) is 0. The van der Waals surface area contributed by atoms with E-state index in [0.29, 0.717) is 17.7 Å². The van der Waals surface area contributed by atoms with E-state index in [4.69, 9.17) is 9.47 Å². The first-order valence-electron chi connectivity index (χ1n) is 11.2. The number of halogens is 1. The van der Waals surface area contributed by atoms with Crippen molar-refractivity contribution < 1.29 is 34.3 Å². The molecule has 4 rings (SSSR count). The van der Waals surface area contributed by atoms with Crippen LogP contribution in [0.4, 0.5) is 4.39 Å². The van der Waals surface area contributed by atoms with E-state index in [0.717, 1.165) is 17.7 Å². The zero-order valence-corrected chi connectivity index (χ0v) is 19.0. The van der Waals surface area contributed by atoms with Crippen LogP contribution in [0, 0.1) is 12.7 Å². The lowest BCUT2D eigenvalue weighted by Crippen LogP contribution is -2.60. The zero-order chi connectivity index (χ0) is 24.4. The van der Waals surface area contributed by atoms with Crippen LogP contribution < -0.4 is 4.74 Å². The molecule has 1 aliphatic rings. The Morgan fingerprint density at radius 3 is 2.24 bits per heavy atom. The van der Waals surface area contributed by atoms with Crippen LogP contribution in [0.15, 0.2) is 48.5 Å². The van der Waals surface area contributed by atoms with E-state index in [1.807, 2.05) is 31.2 Å². The Balaban J connectivity index is 1.70. The van der Waals surface area contributed by atoms with Crippen LogP contribution in [-0.2, 0) is 17.6 Å². The van der Waals surface area contributed by atoms with Gasteiger partial charge >= 0.3 is 0 Å². The van der Waals surface area contributed by atoms with E-state index in [-0.39, 0.29) is 11.7 Å². The minimum Gasteiger partial charge on any atom is -0.443 e. The quantitative estimate of drug-likeness (QED) is 0.413. The van der Waals surface area contributed by atoms with Gasteiger partial charge in [-0.1, -0.05) is 31.2 Å². The molecule has 5 atom stereocenters. The van der Waals surface area contributed by atoms with Gasteiger partial charge < -0.3 is 29.9 Å². The molecular formula is C25H29FN2O6. The average Bonchev–Trinajstić information content (AvgIpc) is 3.15. The molecule has 1 unspecified atom stereocenters. The van der Waals surface area contributed by atoms with Crippen molar-refractivity contribution in [2.45, 2.75) is 57.4 Å². The molecule has 2 aromatic carbocycles. The Hall–Kier alpha value is -2.82. The molecule has 0 bridgehead atoms. The predicted molar refractivity (Wildman–Crippen MR) is 121 cm³/mol. The number of rotatable bonds is 7. The van der Waals surface area contributed by atoms with E-state index in [2.05, 4.69) is 12.0 Å². The Bertz CT molecular complexity index is 1100. The molecule has 3 aromatic rings. The van der Waals surface area contributed by atoms with Crippen LogP contribution >= 0.6 is 0 Å². The summed E-state index contributed by atoms with van der Waals surface area (Å²) in [5.74, 6) is -0.215. The number of benzene rings is 2. The SMILES string of the molecule is CCc1ccc(Cc2c(OC3O[C@H](CO)[C@@H](O)[C@H](O)[C@H]3O)nn(-c3ccc(F)cc3)c2C)cc1. The molecule has 9 heteroatoms. The summed E-state index contributed by atoms with van der Waals surface area (Å²) >= 11 is 0. The van der Waals surface area contributed by atoms with Gasteiger partial charge in [-0.15, -0.1) is 5.10 Å². The van der Waals surface area contributed by atoms with Crippen molar-refractivity contribution >= 4 is 0 Å². The molecule has 0 aliphatic carbocycles. The van der Waals surface area contributed by atoms with Gasteiger partial charge in [0, 0.05) is 17.7 Å². The standard InChI is InChI=1S/C25H29FN2O6/c1-3-15-4-6-16(7-5-15)12-19-14(2)28(18-10-8-17(26)9-11-18)27-24(19)34-25-23(32)22(31)21(30)20(13-29)33-25/h4-11,20-23,25,29-32H,3,12-13H2,1-2H3/t20-,21-,22+,23-,25?/m1/s1. The molecule has 2 heterocycles. The summed E-state index contributed by atoms with van der Waals surface area (Å²) in [4.78, 5) is 0. The molecule has 0 radical (unpaired) electrons. The fourth-order valence-corrected chi connectivity index (χ4v) is 4.01. The third-order valence-electron chi connectivity index (χ3n) is 6.16. The van der Waals surface area contributed by atoms with E-state index in [9.17, 15) is 24.8 Å². The number of ether oxygens (including phenoxy) is 2. The summed E-state index contributed by atoms with van der Waals surface area (Å²) in [6, 6.07) is 14.0. The lowest BCUT2D eigenvalue weighted by molar-refractivity contribution is -0.278. The molecule has 1 fully saturated rings. The first kappa shape index (κ1) is 24.3. The Morgan fingerprint density at radius 2 is 1.62 bits per heavy atom. The zero-order valence-electron chi connectivity index (χ0n) is 19.0. The second-order valence-electron chi connectivity index (χ2n) is 8.42. The lowest BCUT2D eigenvalue weighted by atomic mass is 9.99. The molecule has 8 nitrogen and oxygen atoms in total. The summed E-state index contributed by atoms with van der Waals surface area (Å²) < 4.78 is 26.5. The maximum absolute atomic E-state index is 13.5. The van der Waals surface area contributed by atoms with Crippen molar-refractivity contribution in [3.05, 3.63) is 76.7 Å². The number of aryl methyl sites for hydroxylation is 1. The normalized spacial score (nSPS) is 24.9. The number of hydrogen-bond donors (Lipinski definition) is 4. The maximum Gasteiger partial charge on any atom is 0.239 e. The van der Waals surface area contributed by atoms with Crippen LogP contribution in [0.25, 0.3) is 5.69 Å². The second kappa shape index (κ2) is 10.2. The van der Waals surface area contributed by atoms with Crippen molar-refractivity contribution in [2.24, 2.45) is 0 Å². The third kappa shape index (κ3) is 4.84. The predicted octanol–water partition coefficient (Wildman–Crippen LogP) is 1.65. The van der Waals surface area contributed by atoms with Gasteiger partial charge in [0.25, 0.3) is 0 Å². The van der Waals surface area contributed by atoms with Gasteiger partial charge in [-0.3, -0.25) is 0 Å². The van der Waals surface area contributed by atoms with Gasteiger partial charge in [-0.2, -0.15) is 0 Å². The largest absolute Gasteiger partial charge is 0.443 e. The number of aromatic nitrogens is 2. The van der Waals surface area contributed by atoms with Gasteiger partial charge in [0.1, 0.15) is 30.2 Å². The van der Waals surface area contributed by atoms with Gasteiger partial charge in [-0.25, -0.2) is 9.07 Å². The maximum atomic E-state index is 13.5. The monoisotopic (exact) mass is 472 g/mol. The summed E-state index contributed by atoms with van der Waals surface area (Å²) in [5.41, 5.74) is 4.29. The van der Waals surface area contributed by atoms with E-state index < -0.39 is 37.3 Å². The van der Waals surface area contributed by atoms with Gasteiger partial charge in [-0.05, 0) is 48.7 Å². The number of aliphatic hydroxyl groups is 4. The topological polar surface area (TPSA) is 117 Å². The highest BCUT2D eigenvalue weighted by Gasteiger charge is 2.45. The number of nitrogens with zero attached hydrogens (tertiary/aromatic N) is 2. The molecule has 0 spiro atoms. The van der Waals surface area contributed by atoms with Crippen LogP contribution in [0.3, 0.4) is 0 Å². The second-order valence-corrected chi connectivity index (χ2v) is 8.42. The molecule has 1 aliphatic heterocycles. The fraction of sp³-hybridized carbons (Fsp3) is 0.400. The average molecular weight is 473 g/mol. The van der Waals surface area contributed by atoms with E-state index in [1.54, 1.807) is 16.8 Å². The summed E-state index contributed by atoms with van der Waals surface area (Å²) in [5, 5.41) is 44.6. The molecule has 1 saturated heterocycles. The minimum absolute atomic E-state index is 0.158. The highest BCUT2D eigenvalue weighted by atomic mass is 19.1. The molecule has 0 saturated carbocycles. The summed E-state index contributed by atoms with van der Waals surface area (Å²) in [6.07, 6.45) is -5.71. The van der Waals surface area contributed by atoms with Gasteiger partial charge in [0.2, 0.25) is 12.2 Å². The van der Waals surface area contributed by atoms with E-state index >= 15 is 0 Å². The fourth-order valence-electron chi connectivity index (χ4n) is 4.01. The first-order chi connectivity index (χ1) is 16.3. The van der Waals surface area contributed by atoms with Crippen molar-refractivity contribution in [2.75, 3.05) is 6.61 Å². The third-order valence-corrected chi connectivity index (χ3v) is 6.16. The van der Waals surface area contributed by atoms with Crippen LogP contribution in [-0.4, -0.2) is 67.5 Å². The van der Waals surface area contributed by atoms with Crippen molar-refractivity contribution in [3.8, 4) is 11.6 Å². The van der Waals surface area contributed by atoms with Gasteiger partial charge in [0.15, 0.2) is 0 Å². The van der Waals surface area contributed by atoms with E-state index in [1.165, 1.54) is 17.7 Å².